The summed E-state index contributed by atoms with van der Waals surface area (Å²) in [7, 11) is 0. The number of rotatable bonds is 4. The fourth-order valence-electron chi connectivity index (χ4n) is 1.83. The number of carbonyl (C=O) groups is 1. The van der Waals surface area contributed by atoms with Gasteiger partial charge in [0.1, 0.15) is 5.75 Å². The van der Waals surface area contributed by atoms with Gasteiger partial charge in [0.05, 0.1) is 5.56 Å². The number of hydrogen-bond donors (Lipinski definition) is 1. The number of aromatic carboxylic acids is 1. The Labute approximate surface area is 140 Å². The number of carboxylic acid groups (broad SMARTS) is 1. The first-order valence-corrected chi connectivity index (χ1v) is 7.01. The molecular formula is C16H11F3O4S. The number of carboxylic acids is 1. The lowest BCUT2D eigenvalue weighted by Gasteiger charge is -2.22. The largest absolute Gasteiger partial charge is 0.478 e. The van der Waals surface area contributed by atoms with Crippen LogP contribution in [0.3, 0.4) is 0 Å². The molecule has 4 nitrogen and oxygen atoms in total. The number of hydrogen-bond acceptors (Lipinski definition) is 4. The molecule has 0 saturated heterocycles. The second-order valence-corrected chi connectivity index (χ2v) is 4.97. The maximum atomic E-state index is 13.2. The molecule has 0 spiro atoms. The summed E-state index contributed by atoms with van der Waals surface area (Å²) in [4.78, 5) is 10.8. The Morgan fingerprint density at radius 1 is 1.04 bits per heavy atom. The minimum atomic E-state index is -4.76. The summed E-state index contributed by atoms with van der Waals surface area (Å²) in [6.45, 7) is 0. The van der Waals surface area contributed by atoms with E-state index in [-0.39, 0.29) is 16.9 Å². The molecule has 1 N–H and O–H groups in total. The first-order valence-electron chi connectivity index (χ1n) is 6.61. The van der Waals surface area contributed by atoms with Gasteiger partial charge in [-0.05, 0) is 24.3 Å². The van der Waals surface area contributed by atoms with E-state index in [1.54, 1.807) is 18.2 Å². The lowest BCUT2D eigenvalue weighted by atomic mass is 10.1. The lowest BCUT2D eigenvalue weighted by molar-refractivity contribution is -0.203. The van der Waals surface area contributed by atoms with E-state index in [0.717, 1.165) is 24.3 Å². The predicted molar refractivity (Wildman–Crippen MR) is 83.0 cm³/mol. The van der Waals surface area contributed by atoms with Crippen molar-refractivity contribution >= 4 is 23.4 Å². The zero-order chi connectivity index (χ0) is 17.7. The standard InChI is InChI=1S/C16H11F3O4S/c17-16(18,19)13(10-6-8-11(9-7-10)14(20)21)23-15(24)22-12-4-2-1-3-5-12/h1-9,13H,(H,20,21). The van der Waals surface area contributed by atoms with E-state index in [1.165, 1.54) is 12.1 Å². The molecule has 0 amide bonds. The first kappa shape index (κ1) is 17.7. The van der Waals surface area contributed by atoms with Gasteiger partial charge in [0.2, 0.25) is 6.10 Å². The molecule has 2 aromatic rings. The van der Waals surface area contributed by atoms with E-state index in [2.05, 4.69) is 0 Å². The zero-order valence-corrected chi connectivity index (χ0v) is 12.8. The number of benzene rings is 2. The molecule has 0 aromatic heterocycles. The van der Waals surface area contributed by atoms with Gasteiger partial charge >= 0.3 is 17.4 Å². The minimum Gasteiger partial charge on any atom is -0.478 e. The van der Waals surface area contributed by atoms with Gasteiger partial charge in [0.25, 0.3) is 0 Å². The van der Waals surface area contributed by atoms with Crippen molar-refractivity contribution in [1.29, 1.82) is 0 Å². The van der Waals surface area contributed by atoms with Crippen molar-refractivity contribution in [1.82, 2.24) is 0 Å². The van der Waals surface area contributed by atoms with Crippen molar-refractivity contribution in [2.24, 2.45) is 0 Å². The Morgan fingerprint density at radius 3 is 2.12 bits per heavy atom. The van der Waals surface area contributed by atoms with Crippen LogP contribution in [0.5, 0.6) is 5.75 Å². The molecule has 126 valence electrons. The van der Waals surface area contributed by atoms with Crippen LogP contribution in [-0.2, 0) is 4.74 Å². The van der Waals surface area contributed by atoms with Gasteiger partial charge in [-0.1, -0.05) is 30.3 Å². The predicted octanol–water partition coefficient (Wildman–Crippen LogP) is 4.37. The van der Waals surface area contributed by atoms with Crippen molar-refractivity contribution in [3.8, 4) is 5.75 Å². The van der Waals surface area contributed by atoms with Crippen molar-refractivity contribution in [2.75, 3.05) is 0 Å². The van der Waals surface area contributed by atoms with Gasteiger partial charge in [-0.15, -0.1) is 0 Å². The number of alkyl halides is 3. The number of ether oxygens (including phenoxy) is 2. The SMILES string of the molecule is O=C(O)c1ccc(C(OC(=S)Oc2ccccc2)C(F)(F)F)cc1. The van der Waals surface area contributed by atoms with Crippen LogP contribution in [0.4, 0.5) is 13.2 Å². The Bertz CT molecular complexity index is 714. The van der Waals surface area contributed by atoms with Crippen molar-refractivity contribution in [3.05, 3.63) is 65.7 Å². The van der Waals surface area contributed by atoms with Gasteiger partial charge in [-0.3, -0.25) is 0 Å². The summed E-state index contributed by atoms with van der Waals surface area (Å²) in [5, 5.41) is 8.10. The molecular weight excluding hydrogens is 345 g/mol. The van der Waals surface area contributed by atoms with Crippen LogP contribution in [-0.4, -0.2) is 22.5 Å². The highest BCUT2D eigenvalue weighted by atomic mass is 32.1. The average Bonchev–Trinajstić information content (AvgIpc) is 2.52. The van der Waals surface area contributed by atoms with Crippen LogP contribution in [0.25, 0.3) is 0 Å². The minimum absolute atomic E-state index is 0.136. The number of para-hydroxylation sites is 1. The Morgan fingerprint density at radius 2 is 1.62 bits per heavy atom. The molecule has 24 heavy (non-hydrogen) atoms. The van der Waals surface area contributed by atoms with Crippen molar-refractivity contribution < 1.29 is 32.5 Å². The monoisotopic (exact) mass is 356 g/mol. The van der Waals surface area contributed by atoms with Gasteiger partial charge in [-0.2, -0.15) is 13.2 Å². The highest BCUT2D eigenvalue weighted by molar-refractivity contribution is 7.79. The van der Waals surface area contributed by atoms with E-state index in [1.807, 2.05) is 0 Å². The van der Waals surface area contributed by atoms with E-state index >= 15 is 0 Å². The fraction of sp³-hybridized carbons (Fsp3) is 0.125. The lowest BCUT2D eigenvalue weighted by Crippen LogP contribution is -2.27. The Balaban J connectivity index is 2.17. The van der Waals surface area contributed by atoms with Crippen LogP contribution < -0.4 is 4.74 Å². The summed E-state index contributed by atoms with van der Waals surface area (Å²) in [6.07, 6.45) is -7.12. The Hall–Kier alpha value is -2.61. The summed E-state index contributed by atoms with van der Waals surface area (Å²) in [5.41, 5.74) is -0.422. The molecule has 2 aromatic carbocycles. The molecule has 0 aliphatic heterocycles. The molecule has 0 bridgehead atoms. The molecule has 0 aliphatic rings. The first-order chi connectivity index (χ1) is 11.3. The normalized spacial score (nSPS) is 12.3. The summed E-state index contributed by atoms with van der Waals surface area (Å²) in [5.74, 6) is -1.00. The molecule has 0 fully saturated rings. The zero-order valence-electron chi connectivity index (χ0n) is 12.0. The molecule has 0 aliphatic carbocycles. The van der Waals surface area contributed by atoms with Gasteiger partial charge in [-0.25, -0.2) is 4.79 Å². The second kappa shape index (κ2) is 7.31. The summed E-state index contributed by atoms with van der Waals surface area (Å²) >= 11 is 4.71. The highest BCUT2D eigenvalue weighted by Gasteiger charge is 2.44. The van der Waals surface area contributed by atoms with Crippen LogP contribution in [0.15, 0.2) is 54.6 Å². The van der Waals surface area contributed by atoms with Gasteiger partial charge in [0.15, 0.2) is 0 Å². The average molecular weight is 356 g/mol. The third-order valence-electron chi connectivity index (χ3n) is 2.92. The third-order valence-corrected chi connectivity index (χ3v) is 3.10. The fourth-order valence-corrected chi connectivity index (χ4v) is 2.02. The van der Waals surface area contributed by atoms with E-state index in [9.17, 15) is 18.0 Å². The summed E-state index contributed by atoms with van der Waals surface area (Å²) < 4.78 is 49.4. The molecule has 2 rings (SSSR count). The highest BCUT2D eigenvalue weighted by Crippen LogP contribution is 2.36. The van der Waals surface area contributed by atoms with Gasteiger partial charge in [0, 0.05) is 17.8 Å². The number of halogens is 3. The molecule has 8 heteroatoms. The van der Waals surface area contributed by atoms with Crippen molar-refractivity contribution in [2.45, 2.75) is 12.3 Å². The molecule has 0 heterocycles. The van der Waals surface area contributed by atoms with Gasteiger partial charge < -0.3 is 14.6 Å². The quantitative estimate of drug-likeness (QED) is 0.825. The van der Waals surface area contributed by atoms with Crippen LogP contribution in [0, 0.1) is 0 Å². The van der Waals surface area contributed by atoms with Crippen LogP contribution in [0.1, 0.15) is 22.0 Å². The number of thiocarbonyl (C=S) groups is 1. The maximum Gasteiger partial charge on any atom is 0.429 e. The molecule has 0 saturated carbocycles. The van der Waals surface area contributed by atoms with E-state index < -0.39 is 23.5 Å². The van der Waals surface area contributed by atoms with Crippen LogP contribution in [0.2, 0.25) is 0 Å². The van der Waals surface area contributed by atoms with Crippen molar-refractivity contribution in [3.63, 3.8) is 0 Å². The summed E-state index contributed by atoms with van der Waals surface area (Å²) in [6, 6.07) is 12.1. The maximum absolute atomic E-state index is 13.2. The molecule has 1 unspecified atom stereocenters. The van der Waals surface area contributed by atoms with Crippen LogP contribution >= 0.6 is 12.2 Å². The van der Waals surface area contributed by atoms with E-state index in [4.69, 9.17) is 26.8 Å². The molecule has 0 radical (unpaired) electrons. The Kier molecular flexibility index (Phi) is 5.40. The van der Waals surface area contributed by atoms with E-state index in [0.29, 0.717) is 0 Å². The third kappa shape index (κ3) is 4.69. The topological polar surface area (TPSA) is 55.8 Å². The second-order valence-electron chi connectivity index (χ2n) is 4.63. The molecule has 1 atom stereocenters. The smallest absolute Gasteiger partial charge is 0.429 e.